The zero-order chi connectivity index (χ0) is 21.9. The first-order chi connectivity index (χ1) is 15.7. The highest BCUT2D eigenvalue weighted by Gasteiger charge is 2.30. The first kappa shape index (κ1) is 20.8. The smallest absolute Gasteiger partial charge is 0.253 e. The van der Waals surface area contributed by atoms with Gasteiger partial charge in [0.25, 0.3) is 5.91 Å². The highest BCUT2D eigenvalue weighted by molar-refractivity contribution is 5.95. The Morgan fingerprint density at radius 3 is 2.66 bits per heavy atom. The van der Waals surface area contributed by atoms with Crippen molar-refractivity contribution in [3.05, 3.63) is 72.1 Å². The summed E-state index contributed by atoms with van der Waals surface area (Å²) in [6.45, 7) is 8.02. The van der Waals surface area contributed by atoms with Gasteiger partial charge in [-0.2, -0.15) is 0 Å². The molecule has 166 valence electrons. The molecule has 2 saturated heterocycles. The van der Waals surface area contributed by atoms with E-state index in [1.54, 1.807) is 12.4 Å². The third-order valence-corrected chi connectivity index (χ3v) is 6.85. The van der Waals surface area contributed by atoms with Crippen molar-refractivity contribution >= 4 is 11.6 Å². The minimum atomic E-state index is 0.127. The highest BCUT2D eigenvalue weighted by Crippen LogP contribution is 2.24. The fourth-order valence-corrected chi connectivity index (χ4v) is 5.09. The van der Waals surface area contributed by atoms with Gasteiger partial charge in [-0.05, 0) is 43.5 Å². The van der Waals surface area contributed by atoms with Crippen molar-refractivity contribution in [3.8, 4) is 11.4 Å². The van der Waals surface area contributed by atoms with Crippen LogP contribution in [0.1, 0.15) is 28.8 Å². The van der Waals surface area contributed by atoms with E-state index in [9.17, 15) is 4.79 Å². The predicted octanol–water partition coefficient (Wildman–Crippen LogP) is 3.81. The number of aromatic amines is 1. The molecule has 1 amide bonds. The molecule has 1 N–H and O–H groups in total. The van der Waals surface area contributed by atoms with E-state index in [0.717, 1.165) is 62.6 Å². The summed E-state index contributed by atoms with van der Waals surface area (Å²) in [6.07, 6.45) is 5.77. The van der Waals surface area contributed by atoms with Crippen molar-refractivity contribution in [1.29, 1.82) is 0 Å². The van der Waals surface area contributed by atoms with E-state index in [4.69, 9.17) is 0 Å². The van der Waals surface area contributed by atoms with Crippen molar-refractivity contribution in [2.45, 2.75) is 25.8 Å². The summed E-state index contributed by atoms with van der Waals surface area (Å²) in [5, 5.41) is 0. The quantitative estimate of drug-likeness (QED) is 0.685. The van der Waals surface area contributed by atoms with Crippen molar-refractivity contribution in [2.24, 2.45) is 0 Å². The number of aryl methyl sites for hydroxylation is 1. The molecule has 2 aliphatic rings. The minimum Gasteiger partial charge on any atom is -0.369 e. The summed E-state index contributed by atoms with van der Waals surface area (Å²) >= 11 is 0. The molecular weight excluding hydrogens is 398 g/mol. The van der Waals surface area contributed by atoms with Gasteiger partial charge < -0.3 is 14.8 Å². The first-order valence-electron chi connectivity index (χ1n) is 11.6. The van der Waals surface area contributed by atoms with Gasteiger partial charge in [0.05, 0.1) is 0 Å². The third kappa shape index (κ3) is 4.28. The number of hydrogen-bond acceptors (Lipinski definition) is 4. The number of benzene rings is 2. The Kier molecular flexibility index (Phi) is 5.95. The zero-order valence-corrected chi connectivity index (χ0v) is 18.7. The van der Waals surface area contributed by atoms with E-state index in [0.29, 0.717) is 6.04 Å². The summed E-state index contributed by atoms with van der Waals surface area (Å²) in [7, 11) is 0. The van der Waals surface area contributed by atoms with Crippen LogP contribution >= 0.6 is 0 Å². The van der Waals surface area contributed by atoms with E-state index in [1.165, 1.54) is 17.7 Å². The lowest BCUT2D eigenvalue weighted by molar-refractivity contribution is 0.0563. The molecular formula is C26H31N5O. The van der Waals surface area contributed by atoms with Gasteiger partial charge in [-0.25, -0.2) is 4.98 Å². The maximum atomic E-state index is 13.3. The van der Waals surface area contributed by atoms with Gasteiger partial charge in [0, 0.05) is 74.5 Å². The predicted molar refractivity (Wildman–Crippen MR) is 128 cm³/mol. The van der Waals surface area contributed by atoms with Crippen LogP contribution in [0.15, 0.2) is 60.9 Å². The Morgan fingerprint density at radius 1 is 1.03 bits per heavy atom. The number of piperidine rings is 1. The van der Waals surface area contributed by atoms with Crippen molar-refractivity contribution in [2.75, 3.05) is 44.2 Å². The number of hydrogen-bond donors (Lipinski definition) is 1. The second kappa shape index (κ2) is 9.17. The Balaban J connectivity index is 1.22. The molecule has 5 rings (SSSR count). The Labute approximate surface area is 189 Å². The van der Waals surface area contributed by atoms with Crippen LogP contribution in [0.3, 0.4) is 0 Å². The monoisotopic (exact) mass is 429 g/mol. The number of carbonyl (C=O) groups is 1. The molecule has 0 spiro atoms. The van der Waals surface area contributed by atoms with Crippen LogP contribution in [0.4, 0.5) is 5.69 Å². The second-order valence-corrected chi connectivity index (χ2v) is 8.88. The SMILES string of the molecule is Cc1ccccc1N1CCN([C@@H]2CCCN(C(=O)c3cccc(-c4ncc[nH]4)c3)C2)CC1. The van der Waals surface area contributed by atoms with Crippen molar-refractivity contribution < 1.29 is 4.79 Å². The van der Waals surface area contributed by atoms with Gasteiger partial charge in [-0.1, -0.05) is 30.3 Å². The molecule has 3 heterocycles. The van der Waals surface area contributed by atoms with E-state index in [2.05, 4.69) is 51.0 Å². The first-order valence-corrected chi connectivity index (χ1v) is 11.6. The van der Waals surface area contributed by atoms with E-state index in [1.807, 2.05) is 29.2 Å². The number of para-hydroxylation sites is 1. The number of anilines is 1. The van der Waals surface area contributed by atoms with Gasteiger partial charge in [0.15, 0.2) is 0 Å². The highest BCUT2D eigenvalue weighted by atomic mass is 16.2. The zero-order valence-electron chi connectivity index (χ0n) is 18.7. The molecule has 2 aromatic carbocycles. The van der Waals surface area contributed by atoms with Crippen LogP contribution in [-0.4, -0.2) is 71.0 Å². The molecule has 1 atom stereocenters. The summed E-state index contributed by atoms with van der Waals surface area (Å²) in [5.74, 6) is 0.921. The molecule has 0 radical (unpaired) electrons. The number of rotatable bonds is 4. The molecule has 2 fully saturated rings. The van der Waals surface area contributed by atoms with Gasteiger partial charge >= 0.3 is 0 Å². The molecule has 6 heteroatoms. The van der Waals surface area contributed by atoms with E-state index < -0.39 is 0 Å². The molecule has 0 bridgehead atoms. The van der Waals surface area contributed by atoms with Gasteiger partial charge in [0.1, 0.15) is 5.82 Å². The molecule has 3 aromatic rings. The molecule has 32 heavy (non-hydrogen) atoms. The molecule has 0 saturated carbocycles. The van der Waals surface area contributed by atoms with E-state index >= 15 is 0 Å². The van der Waals surface area contributed by atoms with Crippen molar-refractivity contribution in [1.82, 2.24) is 19.8 Å². The van der Waals surface area contributed by atoms with Gasteiger partial charge in [-0.3, -0.25) is 9.69 Å². The normalized spacial score (nSPS) is 19.8. The number of nitrogens with one attached hydrogen (secondary N) is 1. The second-order valence-electron chi connectivity index (χ2n) is 8.88. The Bertz CT molecular complexity index is 1060. The lowest BCUT2D eigenvalue weighted by Gasteiger charge is -2.44. The maximum Gasteiger partial charge on any atom is 0.253 e. The van der Waals surface area contributed by atoms with Crippen LogP contribution in [0.25, 0.3) is 11.4 Å². The third-order valence-electron chi connectivity index (χ3n) is 6.85. The molecule has 6 nitrogen and oxygen atoms in total. The topological polar surface area (TPSA) is 55.5 Å². The maximum absolute atomic E-state index is 13.3. The summed E-state index contributed by atoms with van der Waals surface area (Å²) in [4.78, 5) is 27.9. The summed E-state index contributed by atoms with van der Waals surface area (Å²) in [6, 6.07) is 16.9. The molecule has 0 aliphatic carbocycles. The number of aromatic nitrogens is 2. The average Bonchev–Trinajstić information content (AvgIpc) is 3.39. The minimum absolute atomic E-state index is 0.127. The van der Waals surface area contributed by atoms with Gasteiger partial charge in [0.2, 0.25) is 0 Å². The van der Waals surface area contributed by atoms with Gasteiger partial charge in [-0.15, -0.1) is 0 Å². The van der Waals surface area contributed by atoms with Crippen LogP contribution in [-0.2, 0) is 0 Å². The summed E-state index contributed by atoms with van der Waals surface area (Å²) < 4.78 is 0. The van der Waals surface area contributed by atoms with Crippen LogP contribution in [0.2, 0.25) is 0 Å². The van der Waals surface area contributed by atoms with Crippen LogP contribution in [0, 0.1) is 6.92 Å². The number of likely N-dealkylation sites (tertiary alicyclic amines) is 1. The summed E-state index contributed by atoms with van der Waals surface area (Å²) in [5.41, 5.74) is 4.38. The number of carbonyl (C=O) groups excluding carboxylic acids is 1. The fraction of sp³-hybridized carbons (Fsp3) is 0.385. The standard InChI is InChI=1S/C26H31N5O/c1-20-6-2-3-10-24(20)30-16-14-29(15-17-30)23-9-5-13-31(19-23)26(32)22-8-4-7-21(18-22)25-27-11-12-28-25/h2-4,6-8,10-12,18,23H,5,9,13-17,19H2,1H3,(H,27,28)/t23-/m1/s1. The number of nitrogens with zero attached hydrogens (tertiary/aromatic N) is 4. The molecule has 2 aliphatic heterocycles. The lowest BCUT2D eigenvalue weighted by atomic mass is 10.0. The number of piperazine rings is 1. The molecule has 0 unspecified atom stereocenters. The van der Waals surface area contributed by atoms with Crippen LogP contribution < -0.4 is 4.90 Å². The number of amides is 1. The molecule has 1 aromatic heterocycles. The lowest BCUT2D eigenvalue weighted by Crippen LogP contribution is -2.56. The number of imidazole rings is 1. The average molecular weight is 430 g/mol. The van der Waals surface area contributed by atoms with Crippen molar-refractivity contribution in [3.63, 3.8) is 0 Å². The Hall–Kier alpha value is -3.12. The number of H-pyrrole nitrogens is 1. The fourth-order valence-electron chi connectivity index (χ4n) is 5.09. The van der Waals surface area contributed by atoms with E-state index in [-0.39, 0.29) is 5.91 Å². The largest absolute Gasteiger partial charge is 0.369 e. The van der Waals surface area contributed by atoms with Crippen LogP contribution in [0.5, 0.6) is 0 Å². The Morgan fingerprint density at radius 2 is 1.88 bits per heavy atom.